The van der Waals surface area contributed by atoms with Crippen molar-refractivity contribution in [3.8, 4) is 0 Å². The van der Waals surface area contributed by atoms with E-state index < -0.39 is 0 Å². The van der Waals surface area contributed by atoms with E-state index >= 15 is 0 Å². The van der Waals surface area contributed by atoms with Crippen molar-refractivity contribution in [3.63, 3.8) is 0 Å². The number of hydrogen-bond acceptors (Lipinski definition) is 1. The number of alkyl halides is 1. The molecule has 3 heteroatoms. The summed E-state index contributed by atoms with van der Waals surface area (Å²) < 4.78 is 0.927. The Morgan fingerprint density at radius 1 is 1.80 bits per heavy atom. The molecule has 0 saturated carbocycles. The van der Waals surface area contributed by atoms with Gasteiger partial charge in [0.2, 0.25) is 0 Å². The van der Waals surface area contributed by atoms with Crippen molar-refractivity contribution in [2.75, 3.05) is 13.6 Å². The molecule has 1 fully saturated rings. The maximum atomic E-state index is 4.00. The average molecular weight is 365 g/mol. The molecule has 10 heavy (non-hydrogen) atoms. The van der Waals surface area contributed by atoms with E-state index in [4.69, 9.17) is 0 Å². The van der Waals surface area contributed by atoms with Crippen molar-refractivity contribution in [2.45, 2.75) is 16.9 Å². The first kappa shape index (κ1) is 9.25. The van der Waals surface area contributed by atoms with Gasteiger partial charge in [-0.25, -0.2) is 0 Å². The van der Waals surface area contributed by atoms with Gasteiger partial charge in [-0.3, -0.25) is 0 Å². The fourth-order valence-corrected chi connectivity index (χ4v) is 6.70. The molecule has 0 N–H and O–H groups in total. The second-order valence-corrected chi connectivity index (χ2v) is 8.22. The summed E-state index contributed by atoms with van der Waals surface area (Å²) in [6.45, 7) is 5.14. The summed E-state index contributed by atoms with van der Waals surface area (Å²) in [5.74, 6) is 0. The Kier molecular flexibility index (Phi) is 3.93. The Balaban J connectivity index is 2.43. The Hall–Kier alpha value is 1.16. The van der Waals surface area contributed by atoms with Crippen LogP contribution in [0.5, 0.6) is 0 Å². The fraction of sp³-hybridized carbons (Fsp3) is 0.714. The van der Waals surface area contributed by atoms with Crippen LogP contribution in [0.2, 0.25) is 0 Å². The summed E-state index contributed by atoms with van der Waals surface area (Å²) in [4.78, 5) is 2.46. The zero-order chi connectivity index (χ0) is 7.56. The van der Waals surface area contributed by atoms with Gasteiger partial charge in [-0.05, 0) is 0 Å². The minimum atomic E-state index is 0.223. The maximum absolute atomic E-state index is 4.00. The normalized spacial score (nSPS) is 29.4. The number of hydrogen-bond donors (Lipinski definition) is 0. The van der Waals surface area contributed by atoms with Crippen LogP contribution < -0.4 is 0 Å². The van der Waals surface area contributed by atoms with E-state index in [1.807, 2.05) is 0 Å². The van der Waals surface area contributed by atoms with Gasteiger partial charge < -0.3 is 0 Å². The van der Waals surface area contributed by atoms with Crippen molar-refractivity contribution in [2.24, 2.45) is 0 Å². The topological polar surface area (TPSA) is 3.24 Å². The molecule has 1 nitrogen and oxygen atoms in total. The van der Waals surface area contributed by atoms with E-state index in [2.05, 4.69) is 37.1 Å². The van der Waals surface area contributed by atoms with Gasteiger partial charge in [0.15, 0.2) is 0 Å². The molecule has 60 valence electrons. The third kappa shape index (κ3) is 2.34. The first-order chi connectivity index (χ1) is 4.74. The van der Waals surface area contributed by atoms with Crippen LogP contribution in [0, 0.1) is 0 Å². The van der Waals surface area contributed by atoms with E-state index in [1.54, 1.807) is 0 Å². The van der Waals surface area contributed by atoms with Crippen molar-refractivity contribution in [1.82, 2.24) is 4.90 Å². The predicted molar refractivity (Wildman–Crippen MR) is 64.2 cm³/mol. The molecule has 0 aromatic rings. The van der Waals surface area contributed by atoms with Gasteiger partial charge in [-0.1, -0.05) is 0 Å². The molecular weight excluding hydrogens is 352 g/mol. The SMILES string of the molecule is C=C1CCC([IH]I)N(C)C1. The molecule has 1 aliphatic heterocycles. The summed E-state index contributed by atoms with van der Waals surface area (Å²) in [5, 5.41) is 0. The average Bonchev–Trinajstić information content (AvgIpc) is 1.88. The van der Waals surface area contributed by atoms with Gasteiger partial charge in [0.25, 0.3) is 0 Å². The van der Waals surface area contributed by atoms with E-state index in [0.29, 0.717) is 0 Å². The Bertz CT molecular complexity index is 136. The molecule has 0 amide bonds. The molecule has 1 atom stereocenters. The van der Waals surface area contributed by atoms with Gasteiger partial charge in [0, 0.05) is 0 Å². The zero-order valence-corrected chi connectivity index (χ0v) is 10.6. The van der Waals surface area contributed by atoms with E-state index in [-0.39, 0.29) is 17.2 Å². The second-order valence-electron chi connectivity index (χ2n) is 2.75. The summed E-state index contributed by atoms with van der Waals surface area (Å²) in [6.07, 6.45) is 2.63. The molecular formula is C7H13I2N. The molecule has 0 spiro atoms. The third-order valence-corrected chi connectivity index (χ3v) is 8.04. The quantitative estimate of drug-likeness (QED) is 0.299. The van der Waals surface area contributed by atoms with Crippen LogP contribution in [-0.4, -0.2) is 22.5 Å². The first-order valence-electron chi connectivity index (χ1n) is 3.38. The number of piperidine rings is 1. The number of likely N-dealkylation sites (tertiary alicyclic amines) is 1. The molecule has 1 heterocycles. The number of rotatable bonds is 1. The van der Waals surface area contributed by atoms with Gasteiger partial charge in [0.1, 0.15) is 0 Å². The first-order valence-corrected chi connectivity index (χ1v) is 11.5. The van der Waals surface area contributed by atoms with Crippen molar-refractivity contribution in [1.29, 1.82) is 0 Å². The van der Waals surface area contributed by atoms with Crippen LogP contribution in [0.1, 0.15) is 12.8 Å². The van der Waals surface area contributed by atoms with Crippen LogP contribution in [-0.2, 0) is 0 Å². The van der Waals surface area contributed by atoms with Gasteiger partial charge in [-0.15, -0.1) is 0 Å². The number of nitrogens with zero attached hydrogens (tertiary/aromatic N) is 1. The third-order valence-electron chi connectivity index (χ3n) is 1.81. The molecule has 0 aromatic heterocycles. The molecule has 1 unspecified atom stereocenters. The Morgan fingerprint density at radius 3 is 3.00 bits per heavy atom. The van der Waals surface area contributed by atoms with E-state index in [1.165, 1.54) is 18.4 Å². The molecule has 0 radical (unpaired) electrons. The summed E-state index contributed by atoms with van der Waals surface area (Å²) in [5.41, 5.74) is 1.41. The Labute approximate surface area is 82.7 Å². The van der Waals surface area contributed by atoms with Gasteiger partial charge in [-0.2, -0.15) is 0 Å². The van der Waals surface area contributed by atoms with Crippen LogP contribution in [0.4, 0.5) is 0 Å². The van der Waals surface area contributed by atoms with Crippen molar-refractivity contribution >= 4 is 35.8 Å². The van der Waals surface area contributed by atoms with Crippen molar-refractivity contribution in [3.05, 3.63) is 12.2 Å². The molecule has 0 aromatic carbocycles. The molecule has 0 aliphatic carbocycles. The number of halogens is 2. The van der Waals surface area contributed by atoms with Gasteiger partial charge in [0.05, 0.1) is 0 Å². The van der Waals surface area contributed by atoms with Crippen LogP contribution in [0.3, 0.4) is 0 Å². The van der Waals surface area contributed by atoms with Crippen LogP contribution in [0.25, 0.3) is 0 Å². The summed E-state index contributed by atoms with van der Waals surface area (Å²) >= 11 is 2.81. The van der Waals surface area contributed by atoms with Crippen LogP contribution >= 0.6 is 35.8 Å². The van der Waals surface area contributed by atoms with Gasteiger partial charge >= 0.3 is 83.4 Å². The van der Waals surface area contributed by atoms with E-state index in [0.717, 1.165) is 10.6 Å². The summed E-state index contributed by atoms with van der Waals surface area (Å²) in [7, 11) is 2.22. The fourth-order valence-electron chi connectivity index (χ4n) is 1.19. The monoisotopic (exact) mass is 365 g/mol. The standard InChI is InChI=1S/C7H13I2N/c1-6-3-4-7(9-8)10(2)5-6/h7,9H,1,3-5H2,2H3. The summed E-state index contributed by atoms with van der Waals surface area (Å²) in [6, 6.07) is 0. The predicted octanol–water partition coefficient (Wildman–Crippen LogP) is 2.65. The molecule has 1 rings (SSSR count). The molecule has 1 aliphatic rings. The Morgan fingerprint density at radius 2 is 2.50 bits per heavy atom. The minimum absolute atomic E-state index is 0.223. The molecule has 0 bridgehead atoms. The number of likely N-dealkylation sites (N-methyl/N-ethyl adjacent to an activating group) is 1. The van der Waals surface area contributed by atoms with E-state index in [9.17, 15) is 0 Å². The second kappa shape index (κ2) is 4.25. The zero-order valence-electron chi connectivity index (χ0n) is 6.14. The molecule has 1 saturated heterocycles. The van der Waals surface area contributed by atoms with Crippen molar-refractivity contribution < 1.29 is 0 Å². The van der Waals surface area contributed by atoms with Crippen LogP contribution in [0.15, 0.2) is 12.2 Å².